The zero-order valence-corrected chi connectivity index (χ0v) is 8.82. The number of esters is 1. The monoisotopic (exact) mass is 224 g/mol. The highest BCUT2D eigenvalue weighted by molar-refractivity contribution is 5.97. The number of fused-ring (bicyclic) bond motifs is 1. The zero-order valence-electron chi connectivity index (χ0n) is 8.82. The van der Waals surface area contributed by atoms with Gasteiger partial charge in [-0.15, -0.1) is 0 Å². The van der Waals surface area contributed by atoms with Crippen LogP contribution in [0, 0.1) is 0 Å². The van der Waals surface area contributed by atoms with Crippen molar-refractivity contribution in [3.8, 4) is 5.75 Å². The maximum atomic E-state index is 11.6. The number of nitrogens with one attached hydrogen (secondary N) is 1. The number of aromatic hydroxyl groups is 1. The first kappa shape index (κ1) is 10.5. The summed E-state index contributed by atoms with van der Waals surface area (Å²) in [7, 11) is 0. The summed E-state index contributed by atoms with van der Waals surface area (Å²) < 4.78 is 6.23. The Morgan fingerprint density at radius 3 is 3.12 bits per heavy atom. The van der Waals surface area contributed by atoms with Gasteiger partial charge in [-0.25, -0.2) is 4.79 Å². The van der Waals surface area contributed by atoms with Crippen LogP contribution in [-0.4, -0.2) is 28.8 Å². The minimum Gasteiger partial charge on any atom is -0.507 e. The first-order chi connectivity index (χ1) is 7.65. The van der Waals surface area contributed by atoms with Crippen LogP contribution in [0.1, 0.15) is 17.3 Å². The molecule has 1 aromatic rings. The molecule has 16 heavy (non-hydrogen) atoms. The van der Waals surface area contributed by atoms with Gasteiger partial charge in [0.05, 0.1) is 6.61 Å². The third kappa shape index (κ3) is 1.52. The molecule has 86 valence electrons. The van der Waals surface area contributed by atoms with E-state index in [0.717, 1.165) is 6.07 Å². The van der Waals surface area contributed by atoms with Crippen LogP contribution in [-0.2, 0) is 11.3 Å². The van der Waals surface area contributed by atoms with Crippen molar-refractivity contribution in [1.29, 1.82) is 0 Å². The normalized spacial score (nSPS) is 13.1. The minimum absolute atomic E-state index is 0.0268. The van der Waals surface area contributed by atoms with Crippen molar-refractivity contribution in [3.05, 3.63) is 22.0 Å². The van der Waals surface area contributed by atoms with Crippen LogP contribution in [0.25, 0.3) is 0 Å². The van der Waals surface area contributed by atoms with Gasteiger partial charge >= 0.3 is 5.97 Å². The molecule has 0 spiro atoms. The summed E-state index contributed by atoms with van der Waals surface area (Å²) in [6.07, 6.45) is 0. The summed E-state index contributed by atoms with van der Waals surface area (Å²) in [5.74, 6) is -0.634. The van der Waals surface area contributed by atoms with Crippen LogP contribution in [0.3, 0.4) is 0 Å². The molecule has 2 rings (SSSR count). The highest BCUT2D eigenvalue weighted by Gasteiger charge is 2.25. The van der Waals surface area contributed by atoms with E-state index in [9.17, 15) is 14.7 Å². The number of hydrogen-bond donors (Lipinski definition) is 2. The fourth-order valence-electron chi connectivity index (χ4n) is 1.73. The number of carbonyl (C=O) groups excluding carboxylic acids is 1. The summed E-state index contributed by atoms with van der Waals surface area (Å²) >= 11 is 0. The summed E-state index contributed by atoms with van der Waals surface area (Å²) in [5, 5.41) is 12.5. The minimum atomic E-state index is -0.627. The molecule has 2 N–H and O–H groups in total. The molecule has 0 radical (unpaired) electrons. The number of ether oxygens (including phenoxy) is 1. The van der Waals surface area contributed by atoms with Gasteiger partial charge in [0, 0.05) is 19.2 Å². The van der Waals surface area contributed by atoms with Crippen molar-refractivity contribution in [1.82, 2.24) is 4.57 Å². The Kier molecular flexibility index (Phi) is 2.55. The third-order valence-corrected chi connectivity index (χ3v) is 2.40. The lowest BCUT2D eigenvalue weighted by Gasteiger charge is -2.10. The Balaban J connectivity index is 2.57. The van der Waals surface area contributed by atoms with Gasteiger partial charge in [0.2, 0.25) is 0 Å². The molecule has 1 aliphatic rings. The van der Waals surface area contributed by atoms with E-state index in [1.807, 2.05) is 0 Å². The average molecular weight is 224 g/mol. The fourth-order valence-corrected chi connectivity index (χ4v) is 1.73. The molecule has 0 aliphatic carbocycles. The molecular formula is C10H12N2O4. The van der Waals surface area contributed by atoms with E-state index in [4.69, 9.17) is 4.74 Å². The highest BCUT2D eigenvalue weighted by Crippen LogP contribution is 2.26. The van der Waals surface area contributed by atoms with E-state index in [1.54, 1.807) is 6.92 Å². The SMILES string of the molecule is CCOC(=O)c1c(O)cc(=O)n2c1NCC2. The van der Waals surface area contributed by atoms with Crippen LogP contribution in [0.5, 0.6) is 5.75 Å². The number of carbonyl (C=O) groups is 1. The Labute approximate surface area is 91.5 Å². The van der Waals surface area contributed by atoms with E-state index in [0.29, 0.717) is 18.9 Å². The first-order valence-corrected chi connectivity index (χ1v) is 5.03. The van der Waals surface area contributed by atoms with E-state index in [-0.39, 0.29) is 23.5 Å². The second-order valence-electron chi connectivity index (χ2n) is 3.39. The Morgan fingerprint density at radius 2 is 2.44 bits per heavy atom. The maximum Gasteiger partial charge on any atom is 0.345 e. The van der Waals surface area contributed by atoms with Crippen molar-refractivity contribution in [2.24, 2.45) is 0 Å². The summed E-state index contributed by atoms with van der Waals surface area (Å²) in [6.45, 7) is 2.94. The molecule has 0 fully saturated rings. The van der Waals surface area contributed by atoms with Crippen molar-refractivity contribution in [2.45, 2.75) is 13.5 Å². The molecule has 6 heteroatoms. The van der Waals surface area contributed by atoms with Crippen LogP contribution in [0.4, 0.5) is 5.82 Å². The molecule has 0 unspecified atom stereocenters. The molecule has 0 aromatic carbocycles. The lowest BCUT2D eigenvalue weighted by atomic mass is 10.2. The van der Waals surface area contributed by atoms with E-state index >= 15 is 0 Å². The van der Waals surface area contributed by atoms with Gasteiger partial charge < -0.3 is 15.2 Å². The number of nitrogens with zero attached hydrogens (tertiary/aromatic N) is 1. The topological polar surface area (TPSA) is 80.6 Å². The fraction of sp³-hybridized carbons (Fsp3) is 0.400. The summed E-state index contributed by atoms with van der Waals surface area (Å²) in [5.41, 5.74) is -0.301. The molecule has 0 bridgehead atoms. The molecule has 1 aromatic heterocycles. The largest absolute Gasteiger partial charge is 0.507 e. The Hall–Kier alpha value is -1.98. The number of hydrogen-bond acceptors (Lipinski definition) is 5. The van der Waals surface area contributed by atoms with E-state index < -0.39 is 5.97 Å². The predicted octanol–water partition coefficient (Wildman–Crippen LogP) is 0.156. The van der Waals surface area contributed by atoms with Gasteiger partial charge in [0.25, 0.3) is 5.56 Å². The van der Waals surface area contributed by atoms with Crippen LogP contribution >= 0.6 is 0 Å². The molecule has 0 amide bonds. The summed E-state index contributed by atoms with van der Waals surface area (Å²) in [6, 6.07) is 1.03. The highest BCUT2D eigenvalue weighted by atomic mass is 16.5. The second kappa shape index (κ2) is 3.88. The van der Waals surface area contributed by atoms with Crippen LogP contribution in [0.15, 0.2) is 10.9 Å². The lowest BCUT2D eigenvalue weighted by Crippen LogP contribution is -2.20. The maximum absolute atomic E-state index is 11.6. The zero-order chi connectivity index (χ0) is 11.7. The second-order valence-corrected chi connectivity index (χ2v) is 3.39. The number of anilines is 1. The Bertz CT molecular complexity index is 492. The van der Waals surface area contributed by atoms with Crippen molar-refractivity contribution >= 4 is 11.8 Å². The molecule has 0 atom stereocenters. The first-order valence-electron chi connectivity index (χ1n) is 5.03. The van der Waals surface area contributed by atoms with Crippen molar-refractivity contribution in [2.75, 3.05) is 18.5 Å². The van der Waals surface area contributed by atoms with Gasteiger partial charge in [0.15, 0.2) is 0 Å². The number of pyridine rings is 1. The number of rotatable bonds is 2. The van der Waals surface area contributed by atoms with Gasteiger partial charge in [-0.1, -0.05) is 0 Å². The molecular weight excluding hydrogens is 212 g/mol. The smallest absolute Gasteiger partial charge is 0.345 e. The van der Waals surface area contributed by atoms with Crippen molar-refractivity contribution in [3.63, 3.8) is 0 Å². The summed E-state index contributed by atoms with van der Waals surface area (Å²) in [4.78, 5) is 23.1. The van der Waals surface area contributed by atoms with Gasteiger partial charge in [-0.05, 0) is 6.92 Å². The molecule has 0 saturated heterocycles. The third-order valence-electron chi connectivity index (χ3n) is 2.40. The van der Waals surface area contributed by atoms with E-state index in [2.05, 4.69) is 5.32 Å². The lowest BCUT2D eigenvalue weighted by molar-refractivity contribution is 0.0523. The Morgan fingerprint density at radius 1 is 1.69 bits per heavy atom. The van der Waals surface area contributed by atoms with Crippen LogP contribution < -0.4 is 10.9 Å². The number of aromatic nitrogens is 1. The van der Waals surface area contributed by atoms with Crippen molar-refractivity contribution < 1.29 is 14.6 Å². The quantitative estimate of drug-likeness (QED) is 0.699. The van der Waals surface area contributed by atoms with E-state index in [1.165, 1.54) is 4.57 Å². The molecule has 2 heterocycles. The van der Waals surface area contributed by atoms with Gasteiger partial charge in [-0.3, -0.25) is 9.36 Å². The molecule has 6 nitrogen and oxygen atoms in total. The van der Waals surface area contributed by atoms with Crippen LogP contribution in [0.2, 0.25) is 0 Å². The van der Waals surface area contributed by atoms with Gasteiger partial charge in [0.1, 0.15) is 17.1 Å². The standard InChI is InChI=1S/C10H12N2O4/c1-2-16-10(15)8-6(13)5-7(14)12-4-3-11-9(8)12/h5,11,13H,2-4H2,1H3. The molecule has 0 saturated carbocycles. The predicted molar refractivity (Wildman–Crippen MR) is 56.8 cm³/mol. The average Bonchev–Trinajstić information content (AvgIpc) is 2.66. The van der Waals surface area contributed by atoms with Gasteiger partial charge in [-0.2, -0.15) is 0 Å². The molecule has 1 aliphatic heterocycles.